The van der Waals surface area contributed by atoms with Gasteiger partial charge in [0.15, 0.2) is 0 Å². The highest BCUT2D eigenvalue weighted by atomic mass is 35.5. The first-order chi connectivity index (χ1) is 8.93. The average Bonchev–Trinajstić information content (AvgIpc) is 2.43. The van der Waals surface area contributed by atoms with Crippen molar-refractivity contribution in [1.29, 1.82) is 0 Å². The van der Waals surface area contributed by atoms with Crippen LogP contribution in [-0.2, 0) is 14.8 Å². The fraction of sp³-hybridized carbons (Fsp3) is 0.417. The zero-order valence-electron chi connectivity index (χ0n) is 11.6. The Labute approximate surface area is 125 Å². The maximum absolute atomic E-state index is 12.2. The SMILES string of the molecule is CNCCN(C)S(=O)(=O)c1ccc(C(=O)OC)cc1.Cl. The van der Waals surface area contributed by atoms with Crippen LogP contribution in [0.5, 0.6) is 0 Å². The van der Waals surface area contributed by atoms with Gasteiger partial charge in [0.25, 0.3) is 0 Å². The second-order valence-electron chi connectivity index (χ2n) is 3.95. The fourth-order valence-corrected chi connectivity index (χ4v) is 2.62. The maximum atomic E-state index is 12.2. The number of hydrogen-bond donors (Lipinski definition) is 1. The first-order valence-corrected chi connectivity index (χ1v) is 7.16. The van der Waals surface area contributed by atoms with Crippen LogP contribution in [-0.4, -0.2) is 53.0 Å². The van der Waals surface area contributed by atoms with Crippen molar-refractivity contribution in [2.75, 3.05) is 34.3 Å². The molecule has 8 heteroatoms. The molecule has 0 aliphatic carbocycles. The van der Waals surface area contributed by atoms with Crippen LogP contribution in [0.4, 0.5) is 0 Å². The van der Waals surface area contributed by atoms with Crippen molar-refractivity contribution in [3.05, 3.63) is 29.8 Å². The smallest absolute Gasteiger partial charge is 0.337 e. The number of carbonyl (C=O) groups excluding carboxylic acids is 1. The lowest BCUT2D eigenvalue weighted by atomic mass is 10.2. The molecule has 0 heterocycles. The summed E-state index contributed by atoms with van der Waals surface area (Å²) in [5.74, 6) is -0.493. The summed E-state index contributed by atoms with van der Waals surface area (Å²) >= 11 is 0. The second kappa shape index (κ2) is 8.21. The topological polar surface area (TPSA) is 75.7 Å². The zero-order valence-corrected chi connectivity index (χ0v) is 13.3. The number of esters is 1. The highest BCUT2D eigenvalue weighted by Crippen LogP contribution is 2.15. The zero-order chi connectivity index (χ0) is 14.5. The molecule has 0 fully saturated rings. The van der Waals surface area contributed by atoms with Crippen LogP contribution in [0.2, 0.25) is 0 Å². The predicted octanol–water partition coefficient (Wildman–Crippen LogP) is 0.735. The number of rotatable bonds is 6. The van der Waals surface area contributed by atoms with Crippen LogP contribution in [0.25, 0.3) is 0 Å². The Morgan fingerprint density at radius 3 is 2.30 bits per heavy atom. The van der Waals surface area contributed by atoms with E-state index in [4.69, 9.17) is 0 Å². The van der Waals surface area contributed by atoms with Crippen molar-refractivity contribution in [3.63, 3.8) is 0 Å². The van der Waals surface area contributed by atoms with E-state index in [0.717, 1.165) is 0 Å². The number of hydrogen-bond acceptors (Lipinski definition) is 5. The first-order valence-electron chi connectivity index (χ1n) is 5.72. The number of nitrogens with zero attached hydrogens (tertiary/aromatic N) is 1. The average molecular weight is 323 g/mol. The van der Waals surface area contributed by atoms with Crippen molar-refractivity contribution in [1.82, 2.24) is 9.62 Å². The Morgan fingerprint density at radius 2 is 1.85 bits per heavy atom. The molecule has 1 aromatic rings. The monoisotopic (exact) mass is 322 g/mol. The lowest BCUT2D eigenvalue weighted by Crippen LogP contribution is -2.32. The minimum Gasteiger partial charge on any atom is -0.465 e. The van der Waals surface area contributed by atoms with Gasteiger partial charge in [-0.15, -0.1) is 12.4 Å². The Morgan fingerprint density at radius 1 is 1.30 bits per heavy atom. The predicted molar refractivity (Wildman–Crippen MR) is 78.8 cm³/mol. The summed E-state index contributed by atoms with van der Waals surface area (Å²) < 4.78 is 30.2. The molecule has 6 nitrogen and oxygen atoms in total. The van der Waals surface area contributed by atoms with Crippen molar-refractivity contribution in [2.45, 2.75) is 4.90 Å². The van der Waals surface area contributed by atoms with Crippen LogP contribution >= 0.6 is 12.4 Å². The molecule has 0 aliphatic heterocycles. The minimum absolute atomic E-state index is 0. The summed E-state index contributed by atoms with van der Waals surface area (Å²) in [6.07, 6.45) is 0. The number of halogens is 1. The van der Waals surface area contributed by atoms with Crippen molar-refractivity contribution < 1.29 is 17.9 Å². The summed E-state index contributed by atoms with van der Waals surface area (Å²) in [6.45, 7) is 0.938. The summed E-state index contributed by atoms with van der Waals surface area (Å²) in [4.78, 5) is 11.4. The first kappa shape index (κ1) is 18.9. The van der Waals surface area contributed by atoms with E-state index in [-0.39, 0.29) is 17.3 Å². The van der Waals surface area contributed by atoms with E-state index >= 15 is 0 Å². The molecule has 0 radical (unpaired) electrons. The molecule has 0 spiro atoms. The van der Waals surface area contributed by atoms with Gasteiger partial charge in [0.1, 0.15) is 0 Å². The lowest BCUT2D eigenvalue weighted by molar-refractivity contribution is 0.0600. The molecule has 0 unspecified atom stereocenters. The van der Waals surface area contributed by atoms with Gasteiger partial charge in [-0.25, -0.2) is 13.2 Å². The summed E-state index contributed by atoms with van der Waals surface area (Å²) in [6, 6.07) is 5.67. The number of likely N-dealkylation sites (N-methyl/N-ethyl adjacent to an activating group) is 2. The molecule has 0 saturated heterocycles. The Balaban J connectivity index is 0.00000361. The van der Waals surface area contributed by atoms with E-state index < -0.39 is 16.0 Å². The quantitative estimate of drug-likeness (QED) is 0.782. The highest BCUT2D eigenvalue weighted by molar-refractivity contribution is 7.89. The third-order valence-corrected chi connectivity index (χ3v) is 4.53. The van der Waals surface area contributed by atoms with E-state index in [1.54, 1.807) is 7.05 Å². The van der Waals surface area contributed by atoms with Crippen LogP contribution in [0.1, 0.15) is 10.4 Å². The van der Waals surface area contributed by atoms with Gasteiger partial charge in [-0.3, -0.25) is 0 Å². The summed E-state index contributed by atoms with van der Waals surface area (Å²) in [5, 5.41) is 2.89. The molecular weight excluding hydrogens is 304 g/mol. The van der Waals surface area contributed by atoms with Gasteiger partial charge < -0.3 is 10.1 Å². The van der Waals surface area contributed by atoms with Gasteiger partial charge in [0.2, 0.25) is 10.0 Å². The largest absolute Gasteiger partial charge is 0.465 e. The Bertz CT molecular complexity index is 531. The van der Waals surface area contributed by atoms with E-state index in [1.807, 2.05) is 0 Å². The molecule has 1 aromatic carbocycles. The van der Waals surface area contributed by atoms with Crippen molar-refractivity contribution in [2.24, 2.45) is 0 Å². The van der Waals surface area contributed by atoms with Crippen molar-refractivity contribution in [3.8, 4) is 0 Å². The third kappa shape index (κ3) is 4.45. The summed E-state index contributed by atoms with van der Waals surface area (Å²) in [5.41, 5.74) is 0.319. The van der Waals surface area contributed by atoms with E-state index in [0.29, 0.717) is 18.7 Å². The van der Waals surface area contributed by atoms with Crippen LogP contribution in [0, 0.1) is 0 Å². The molecule has 0 atom stereocenters. The molecule has 0 bridgehead atoms. The van der Waals surface area contributed by atoms with Crippen LogP contribution in [0.3, 0.4) is 0 Å². The Hall–Kier alpha value is -1.15. The van der Waals surface area contributed by atoms with Gasteiger partial charge in [-0.1, -0.05) is 0 Å². The highest BCUT2D eigenvalue weighted by Gasteiger charge is 2.20. The molecule has 0 saturated carbocycles. The Kier molecular flexibility index (Phi) is 7.74. The lowest BCUT2D eigenvalue weighted by Gasteiger charge is -2.17. The maximum Gasteiger partial charge on any atom is 0.337 e. The second-order valence-corrected chi connectivity index (χ2v) is 5.99. The molecular formula is C12H19ClN2O4S. The number of benzene rings is 1. The minimum atomic E-state index is -3.52. The van der Waals surface area contributed by atoms with Gasteiger partial charge >= 0.3 is 5.97 Å². The van der Waals surface area contributed by atoms with Gasteiger partial charge in [-0.2, -0.15) is 4.31 Å². The molecule has 0 amide bonds. The molecule has 0 aliphatic rings. The van der Waals surface area contributed by atoms with Crippen LogP contribution < -0.4 is 5.32 Å². The van der Waals surface area contributed by atoms with Gasteiger partial charge in [0.05, 0.1) is 17.6 Å². The third-order valence-electron chi connectivity index (χ3n) is 2.66. The van der Waals surface area contributed by atoms with Gasteiger partial charge in [-0.05, 0) is 31.3 Å². The number of ether oxygens (including phenoxy) is 1. The summed E-state index contributed by atoms with van der Waals surface area (Å²) in [7, 11) is 1.03. The van der Waals surface area contributed by atoms with Crippen molar-refractivity contribution >= 4 is 28.4 Å². The van der Waals surface area contributed by atoms with E-state index in [9.17, 15) is 13.2 Å². The molecule has 114 valence electrons. The number of methoxy groups -OCH3 is 1. The van der Waals surface area contributed by atoms with Gasteiger partial charge in [0, 0.05) is 20.1 Å². The molecule has 0 aromatic heterocycles. The fourth-order valence-electron chi connectivity index (χ4n) is 1.45. The van der Waals surface area contributed by atoms with E-state index in [2.05, 4.69) is 10.1 Å². The molecule has 1 rings (SSSR count). The molecule has 1 N–H and O–H groups in total. The van der Waals surface area contributed by atoms with E-state index in [1.165, 1.54) is 42.7 Å². The number of nitrogens with one attached hydrogen (secondary N) is 1. The number of carbonyl (C=O) groups is 1. The standard InChI is InChI=1S/C12H18N2O4S.ClH/c1-13-8-9-14(2)19(16,17)11-6-4-10(5-7-11)12(15)18-3;/h4-7,13H,8-9H2,1-3H3;1H. The molecule has 20 heavy (non-hydrogen) atoms. The van der Waals surface area contributed by atoms with Crippen LogP contribution in [0.15, 0.2) is 29.2 Å². The normalized spacial score (nSPS) is 11.0. The number of sulfonamides is 1.